The molecule has 1 unspecified atom stereocenters. The van der Waals surface area contributed by atoms with Gasteiger partial charge in [0.25, 0.3) is 0 Å². The molecule has 1 heterocycles. The summed E-state index contributed by atoms with van der Waals surface area (Å²) < 4.78 is 16.0. The number of aromatic nitrogens is 3. The van der Waals surface area contributed by atoms with Crippen LogP contribution >= 0.6 is 0 Å². The Balaban J connectivity index is 1.63. The molecule has 0 amide bonds. The van der Waals surface area contributed by atoms with Crippen LogP contribution < -0.4 is 4.74 Å². The monoisotopic (exact) mass is 541 g/mol. The van der Waals surface area contributed by atoms with E-state index in [0.29, 0.717) is 34.5 Å². The first-order valence-electron chi connectivity index (χ1n) is 13.0. The number of hydrogen-bond acceptors (Lipinski definition) is 8. The molecule has 0 bridgehead atoms. The predicted molar refractivity (Wildman–Crippen MR) is 155 cm³/mol. The molecule has 0 spiro atoms. The number of benzene rings is 3. The van der Waals surface area contributed by atoms with Gasteiger partial charge in [-0.1, -0.05) is 54.1 Å². The molecule has 2 N–H and O–H groups in total. The quantitative estimate of drug-likeness (QED) is 0.134. The molecule has 0 saturated carbocycles. The Hall–Kier alpha value is -4.27. The van der Waals surface area contributed by atoms with Crippen molar-refractivity contribution < 1.29 is 24.4 Å². The van der Waals surface area contributed by atoms with E-state index in [1.165, 1.54) is 6.07 Å². The van der Waals surface area contributed by atoms with Crippen LogP contribution in [0.2, 0.25) is 0 Å². The second-order valence-electron chi connectivity index (χ2n) is 9.92. The minimum absolute atomic E-state index is 0.00200. The minimum atomic E-state index is -0.875. The number of hydrogen-bond donors (Lipinski definition) is 2. The van der Waals surface area contributed by atoms with Gasteiger partial charge in [0.2, 0.25) is 0 Å². The maximum atomic E-state index is 10.9. The number of phenolic OH excluding ortho intramolecular Hbond substituents is 1. The summed E-state index contributed by atoms with van der Waals surface area (Å²) in [4.78, 5) is 14.4. The topological polar surface area (TPSA) is 107 Å². The molecule has 0 aliphatic carbocycles. The number of ether oxygens (including phenoxy) is 3. The first-order valence-corrected chi connectivity index (χ1v) is 13.0. The highest BCUT2D eigenvalue weighted by Gasteiger charge is 2.17. The molecular formula is C32H35N3O5. The lowest BCUT2D eigenvalue weighted by molar-refractivity contribution is -0.0630. The fourth-order valence-electron chi connectivity index (χ4n) is 4.22. The third-order valence-corrected chi connectivity index (χ3v) is 6.23. The molecule has 4 rings (SSSR count). The van der Waals surface area contributed by atoms with Gasteiger partial charge in [0.05, 0.1) is 17.9 Å². The lowest BCUT2D eigenvalue weighted by Crippen LogP contribution is -2.24. The molecule has 4 aromatic rings. The molecule has 40 heavy (non-hydrogen) atoms. The Labute approximate surface area is 235 Å². The van der Waals surface area contributed by atoms with Crippen molar-refractivity contribution in [2.24, 2.45) is 0 Å². The fourth-order valence-corrected chi connectivity index (χ4v) is 4.22. The third-order valence-electron chi connectivity index (χ3n) is 6.23. The van der Waals surface area contributed by atoms with Gasteiger partial charge in [-0.15, -0.1) is 0 Å². The van der Waals surface area contributed by atoms with Crippen molar-refractivity contribution in [2.45, 2.75) is 40.7 Å². The standard InChI is InChI=1S/C32H35N3O5/c1-19(2)40-18-38-16-24(36)17-39-25-9-12-28(29(37)15-25)32-34-30(26-10-7-20(3)13-22(26)5)33-31(35-32)27-11-8-21(4)14-23(27)6/h7-15,24,36-37H,1,16-18H2,2-6H3. The number of nitrogens with zero attached hydrogens (tertiary/aromatic N) is 3. The second kappa shape index (κ2) is 12.7. The summed E-state index contributed by atoms with van der Waals surface area (Å²) in [5.41, 5.74) is 6.61. The number of aromatic hydroxyl groups is 1. The Morgan fingerprint density at radius 1 is 0.775 bits per heavy atom. The van der Waals surface area contributed by atoms with Crippen LogP contribution in [-0.2, 0) is 9.47 Å². The summed E-state index contributed by atoms with van der Waals surface area (Å²) >= 11 is 0. The van der Waals surface area contributed by atoms with Gasteiger partial charge in [-0.3, -0.25) is 0 Å². The molecule has 1 atom stereocenters. The number of aryl methyl sites for hydroxylation is 4. The van der Waals surface area contributed by atoms with E-state index in [-0.39, 0.29) is 25.8 Å². The summed E-state index contributed by atoms with van der Waals surface area (Å²) in [6.45, 7) is 13.5. The molecule has 0 fully saturated rings. The van der Waals surface area contributed by atoms with Crippen molar-refractivity contribution in [1.29, 1.82) is 0 Å². The van der Waals surface area contributed by atoms with Crippen molar-refractivity contribution in [1.82, 2.24) is 15.0 Å². The fraction of sp³-hybridized carbons (Fsp3) is 0.281. The van der Waals surface area contributed by atoms with Crippen LogP contribution in [0, 0.1) is 27.7 Å². The predicted octanol–water partition coefficient (Wildman–Crippen LogP) is 6.08. The zero-order valence-corrected chi connectivity index (χ0v) is 23.6. The molecule has 0 radical (unpaired) electrons. The van der Waals surface area contributed by atoms with Crippen LogP contribution in [0.15, 0.2) is 66.9 Å². The van der Waals surface area contributed by atoms with Crippen LogP contribution in [0.25, 0.3) is 34.2 Å². The zero-order chi connectivity index (χ0) is 28.8. The van der Waals surface area contributed by atoms with Crippen molar-refractivity contribution in [3.05, 3.63) is 89.2 Å². The molecule has 0 aliphatic rings. The first kappa shape index (κ1) is 28.7. The number of phenols is 1. The van der Waals surface area contributed by atoms with Crippen LogP contribution in [0.1, 0.15) is 29.2 Å². The van der Waals surface area contributed by atoms with Crippen molar-refractivity contribution in [2.75, 3.05) is 20.0 Å². The average Bonchev–Trinajstić information content (AvgIpc) is 2.89. The largest absolute Gasteiger partial charge is 0.507 e. The normalized spacial score (nSPS) is 11.8. The van der Waals surface area contributed by atoms with Gasteiger partial charge < -0.3 is 24.4 Å². The Morgan fingerprint density at radius 2 is 1.30 bits per heavy atom. The maximum absolute atomic E-state index is 10.9. The lowest BCUT2D eigenvalue weighted by atomic mass is 10.0. The first-order chi connectivity index (χ1) is 19.1. The van der Waals surface area contributed by atoms with Crippen molar-refractivity contribution in [3.8, 4) is 45.7 Å². The van der Waals surface area contributed by atoms with E-state index in [1.807, 2.05) is 52.0 Å². The number of aliphatic hydroxyl groups is 1. The number of rotatable bonds is 11. The molecule has 0 saturated heterocycles. The molecular weight excluding hydrogens is 506 g/mol. The maximum Gasteiger partial charge on any atom is 0.188 e. The molecule has 8 nitrogen and oxygen atoms in total. The highest BCUT2D eigenvalue weighted by molar-refractivity contribution is 5.72. The third kappa shape index (κ3) is 7.22. The summed E-state index contributed by atoms with van der Waals surface area (Å²) in [7, 11) is 0. The Bertz CT molecular complexity index is 1450. The lowest BCUT2D eigenvalue weighted by Gasteiger charge is -2.15. The van der Waals surface area contributed by atoms with Gasteiger partial charge in [0.1, 0.15) is 24.2 Å². The van der Waals surface area contributed by atoms with E-state index in [2.05, 4.69) is 18.7 Å². The van der Waals surface area contributed by atoms with Gasteiger partial charge in [0, 0.05) is 17.2 Å². The number of aliphatic hydroxyl groups excluding tert-OH is 1. The summed E-state index contributed by atoms with van der Waals surface area (Å²) in [6, 6.07) is 17.1. The molecule has 0 aliphatic heterocycles. The Morgan fingerprint density at radius 3 is 1.80 bits per heavy atom. The highest BCUT2D eigenvalue weighted by Crippen LogP contribution is 2.34. The van der Waals surface area contributed by atoms with Crippen molar-refractivity contribution >= 4 is 0 Å². The molecule has 3 aromatic carbocycles. The van der Waals surface area contributed by atoms with Crippen LogP contribution in [0.5, 0.6) is 11.5 Å². The molecule has 8 heteroatoms. The summed E-state index contributed by atoms with van der Waals surface area (Å²) in [5.74, 6) is 2.25. The smallest absolute Gasteiger partial charge is 0.188 e. The SMILES string of the molecule is C=C(C)OCOCC(O)COc1ccc(-c2nc(-c3ccc(C)cc3C)nc(-c3ccc(C)cc3C)n2)c(O)c1. The van der Waals surface area contributed by atoms with Gasteiger partial charge in [-0.25, -0.2) is 15.0 Å². The Kier molecular flexibility index (Phi) is 9.14. The van der Waals surface area contributed by atoms with Gasteiger partial charge in [0.15, 0.2) is 24.3 Å². The van der Waals surface area contributed by atoms with E-state index in [9.17, 15) is 10.2 Å². The highest BCUT2D eigenvalue weighted by atomic mass is 16.7. The summed E-state index contributed by atoms with van der Waals surface area (Å²) in [6.07, 6.45) is -0.875. The van der Waals surface area contributed by atoms with E-state index in [0.717, 1.165) is 33.4 Å². The second-order valence-corrected chi connectivity index (χ2v) is 9.92. The van der Waals surface area contributed by atoms with Crippen LogP contribution in [0.3, 0.4) is 0 Å². The zero-order valence-electron chi connectivity index (χ0n) is 23.6. The van der Waals surface area contributed by atoms with Gasteiger partial charge >= 0.3 is 0 Å². The average molecular weight is 542 g/mol. The van der Waals surface area contributed by atoms with E-state index < -0.39 is 6.10 Å². The number of allylic oxidation sites excluding steroid dienone is 1. The van der Waals surface area contributed by atoms with Gasteiger partial charge in [-0.2, -0.15) is 0 Å². The summed E-state index contributed by atoms with van der Waals surface area (Å²) in [5, 5.41) is 21.1. The van der Waals surface area contributed by atoms with E-state index in [1.54, 1.807) is 19.1 Å². The molecule has 208 valence electrons. The van der Waals surface area contributed by atoms with E-state index >= 15 is 0 Å². The van der Waals surface area contributed by atoms with Crippen LogP contribution in [-0.4, -0.2) is 51.3 Å². The van der Waals surface area contributed by atoms with Crippen molar-refractivity contribution in [3.63, 3.8) is 0 Å². The van der Waals surface area contributed by atoms with Gasteiger partial charge in [-0.05, 0) is 57.9 Å². The van der Waals surface area contributed by atoms with Crippen LogP contribution in [0.4, 0.5) is 0 Å². The molecule has 1 aromatic heterocycles. The minimum Gasteiger partial charge on any atom is -0.507 e. The van der Waals surface area contributed by atoms with E-state index in [4.69, 9.17) is 29.2 Å².